The third-order valence-corrected chi connectivity index (χ3v) is 2.50. The van der Waals surface area contributed by atoms with Crippen molar-refractivity contribution in [3.8, 4) is 0 Å². The minimum Gasteiger partial charge on any atom is -0.369 e. The van der Waals surface area contributed by atoms with Crippen LogP contribution >= 0.6 is 22.6 Å². The van der Waals surface area contributed by atoms with Gasteiger partial charge in [-0.05, 0) is 22.6 Å². The minimum absolute atomic E-state index is 0.0984. The molecule has 0 aromatic carbocycles. The van der Waals surface area contributed by atoms with E-state index in [-0.39, 0.29) is 6.61 Å². The van der Waals surface area contributed by atoms with Gasteiger partial charge in [-0.2, -0.15) is 5.10 Å². The van der Waals surface area contributed by atoms with E-state index in [2.05, 4.69) is 9.84 Å². The Bertz CT molecular complexity index is 332. The average Bonchev–Trinajstić information content (AvgIpc) is 2.45. The number of hydrogen-bond donors (Lipinski definition) is 0. The zero-order valence-corrected chi connectivity index (χ0v) is 10.2. The summed E-state index contributed by atoms with van der Waals surface area (Å²) in [4.78, 5) is 0. The number of halogens is 5. The van der Waals surface area contributed by atoms with Crippen LogP contribution in [-0.4, -0.2) is 29.2 Å². The van der Waals surface area contributed by atoms with Gasteiger partial charge in [0, 0.05) is 6.20 Å². The Morgan fingerprint density at radius 3 is 2.56 bits per heavy atom. The molecule has 0 aliphatic heterocycles. The van der Waals surface area contributed by atoms with Gasteiger partial charge in [0.2, 0.25) is 0 Å². The first-order valence-corrected chi connectivity index (χ1v) is 5.42. The summed E-state index contributed by atoms with van der Waals surface area (Å²) in [6.45, 7) is -1.29. The van der Waals surface area contributed by atoms with Crippen LogP contribution in [0.25, 0.3) is 0 Å². The molecule has 1 rings (SSSR count). The van der Waals surface area contributed by atoms with Crippen molar-refractivity contribution in [3.05, 3.63) is 15.5 Å². The number of ether oxygens (including phenoxy) is 1. The summed E-state index contributed by atoms with van der Waals surface area (Å²) < 4.78 is 53.9. The van der Waals surface area contributed by atoms with Crippen LogP contribution in [-0.2, 0) is 17.9 Å². The number of alkyl halides is 4. The molecule has 0 bridgehead atoms. The molecule has 0 spiro atoms. The van der Waals surface area contributed by atoms with Gasteiger partial charge in [-0.3, -0.25) is 4.68 Å². The summed E-state index contributed by atoms with van der Waals surface area (Å²) in [6, 6.07) is 0. The molecule has 16 heavy (non-hydrogen) atoms. The van der Waals surface area contributed by atoms with E-state index in [1.807, 2.05) is 22.6 Å². The van der Waals surface area contributed by atoms with Crippen LogP contribution < -0.4 is 0 Å². The van der Waals surface area contributed by atoms with Crippen LogP contribution in [0.5, 0.6) is 0 Å². The molecule has 0 saturated carbocycles. The smallest absolute Gasteiger partial charge is 0.261 e. The van der Waals surface area contributed by atoms with Crippen LogP contribution in [0.3, 0.4) is 0 Å². The van der Waals surface area contributed by atoms with Crippen LogP contribution in [0.2, 0.25) is 0 Å². The Morgan fingerprint density at radius 2 is 2.00 bits per heavy atom. The van der Waals surface area contributed by atoms with Gasteiger partial charge in [0.1, 0.15) is 18.8 Å². The molecule has 0 aliphatic rings. The highest BCUT2D eigenvalue weighted by atomic mass is 127. The van der Waals surface area contributed by atoms with Crippen LogP contribution in [0.15, 0.2) is 6.20 Å². The number of nitrogens with zero attached hydrogens (tertiary/aromatic N) is 2. The van der Waals surface area contributed by atoms with Crippen molar-refractivity contribution < 1.29 is 22.3 Å². The van der Waals surface area contributed by atoms with Crippen molar-refractivity contribution in [2.75, 3.05) is 6.61 Å². The van der Waals surface area contributed by atoms with Gasteiger partial charge in [0.15, 0.2) is 0 Å². The lowest BCUT2D eigenvalue weighted by Gasteiger charge is -2.01. The molecule has 1 aromatic heterocycles. The molecule has 0 fully saturated rings. The van der Waals surface area contributed by atoms with Gasteiger partial charge >= 0.3 is 0 Å². The Hall–Kier alpha value is -0.380. The third-order valence-electron chi connectivity index (χ3n) is 1.59. The number of hydrogen-bond acceptors (Lipinski definition) is 2. The Morgan fingerprint density at radius 1 is 1.31 bits per heavy atom. The zero-order valence-electron chi connectivity index (χ0n) is 8.05. The molecule has 0 N–H and O–H groups in total. The second kappa shape index (κ2) is 6.38. The summed E-state index contributed by atoms with van der Waals surface area (Å²) in [5.41, 5.74) is 0.391. The maximum absolute atomic E-state index is 12.0. The maximum atomic E-state index is 12.0. The summed E-state index contributed by atoms with van der Waals surface area (Å²) in [6.07, 6.45) is -3.61. The monoisotopic (exact) mass is 352 g/mol. The third kappa shape index (κ3) is 4.64. The SMILES string of the molecule is FC(F)COCc1nn(CC(F)F)cc1I. The molecule has 0 radical (unpaired) electrons. The molecule has 0 atom stereocenters. The molecule has 8 heteroatoms. The van der Waals surface area contributed by atoms with Crippen LogP contribution in [0.1, 0.15) is 5.69 Å². The van der Waals surface area contributed by atoms with Crippen molar-refractivity contribution in [2.24, 2.45) is 0 Å². The summed E-state index contributed by atoms with van der Waals surface area (Å²) in [5.74, 6) is 0. The first-order chi connectivity index (χ1) is 7.49. The first kappa shape index (κ1) is 13.7. The standard InChI is InChI=1S/C8H9F4IN2O/c9-7(10)2-15-1-5(13)6(14-15)3-16-4-8(11)12/h1,7-8H,2-4H2. The van der Waals surface area contributed by atoms with Crippen LogP contribution in [0.4, 0.5) is 17.6 Å². The van der Waals surface area contributed by atoms with E-state index in [1.165, 1.54) is 6.20 Å². The molecular weight excluding hydrogens is 343 g/mol. The molecule has 3 nitrogen and oxygen atoms in total. The fourth-order valence-corrected chi connectivity index (χ4v) is 1.60. The highest BCUT2D eigenvalue weighted by Crippen LogP contribution is 2.12. The van der Waals surface area contributed by atoms with Crippen molar-refractivity contribution in [2.45, 2.75) is 26.0 Å². The molecule has 1 aromatic rings. The van der Waals surface area contributed by atoms with Crippen molar-refractivity contribution >= 4 is 22.6 Å². The lowest BCUT2D eigenvalue weighted by atomic mass is 10.5. The Balaban J connectivity index is 2.50. The Labute approximate surface area is 103 Å². The molecular formula is C8H9F4IN2O. The zero-order chi connectivity index (χ0) is 12.1. The van der Waals surface area contributed by atoms with Crippen molar-refractivity contribution in [3.63, 3.8) is 0 Å². The van der Waals surface area contributed by atoms with E-state index in [1.54, 1.807) is 0 Å². The van der Waals surface area contributed by atoms with Gasteiger partial charge in [0.25, 0.3) is 12.9 Å². The van der Waals surface area contributed by atoms with E-state index in [4.69, 9.17) is 0 Å². The van der Waals surface area contributed by atoms with Crippen molar-refractivity contribution in [1.82, 2.24) is 9.78 Å². The van der Waals surface area contributed by atoms with Gasteiger partial charge in [0.05, 0.1) is 10.2 Å². The quantitative estimate of drug-likeness (QED) is 0.581. The van der Waals surface area contributed by atoms with Crippen LogP contribution in [0, 0.1) is 3.57 Å². The predicted molar refractivity (Wildman–Crippen MR) is 56.6 cm³/mol. The second-order valence-corrected chi connectivity index (χ2v) is 4.11. The van der Waals surface area contributed by atoms with E-state index >= 15 is 0 Å². The summed E-state index contributed by atoms with van der Waals surface area (Å²) >= 11 is 1.89. The first-order valence-electron chi connectivity index (χ1n) is 4.35. The average molecular weight is 352 g/mol. The molecule has 0 aliphatic carbocycles. The highest BCUT2D eigenvalue weighted by molar-refractivity contribution is 14.1. The van der Waals surface area contributed by atoms with Gasteiger partial charge < -0.3 is 4.74 Å². The number of rotatable bonds is 6. The topological polar surface area (TPSA) is 27.1 Å². The fraction of sp³-hybridized carbons (Fsp3) is 0.625. The minimum atomic E-state index is -2.54. The normalized spacial score (nSPS) is 11.7. The van der Waals surface area contributed by atoms with Gasteiger partial charge in [-0.1, -0.05) is 0 Å². The fourth-order valence-electron chi connectivity index (χ4n) is 1.01. The molecule has 0 amide bonds. The van der Waals surface area contributed by atoms with Crippen molar-refractivity contribution in [1.29, 1.82) is 0 Å². The largest absolute Gasteiger partial charge is 0.369 e. The number of aromatic nitrogens is 2. The van der Waals surface area contributed by atoms with Gasteiger partial charge in [-0.15, -0.1) is 0 Å². The van der Waals surface area contributed by atoms with E-state index in [0.29, 0.717) is 9.26 Å². The second-order valence-electron chi connectivity index (χ2n) is 2.94. The molecule has 1 heterocycles. The maximum Gasteiger partial charge on any atom is 0.261 e. The lowest BCUT2D eigenvalue weighted by Crippen LogP contribution is -2.08. The van der Waals surface area contributed by atoms with Gasteiger partial charge in [-0.25, -0.2) is 17.6 Å². The van der Waals surface area contributed by atoms with E-state index in [9.17, 15) is 17.6 Å². The summed E-state index contributed by atoms with van der Waals surface area (Å²) in [7, 11) is 0. The molecule has 92 valence electrons. The Kier molecular flexibility index (Phi) is 5.46. The van der Waals surface area contributed by atoms with E-state index in [0.717, 1.165) is 4.68 Å². The molecule has 0 unspecified atom stereocenters. The highest BCUT2D eigenvalue weighted by Gasteiger charge is 2.11. The van der Waals surface area contributed by atoms with E-state index < -0.39 is 26.0 Å². The predicted octanol–water partition coefficient (Wildman–Crippen LogP) is 2.53. The summed E-state index contributed by atoms with van der Waals surface area (Å²) in [5, 5.41) is 3.81. The lowest BCUT2D eigenvalue weighted by molar-refractivity contribution is 0.00839. The molecule has 0 saturated heterocycles.